The Morgan fingerprint density at radius 1 is 1.19 bits per heavy atom. The maximum atomic E-state index is 12.8. The molecule has 168 valence electrons. The Balaban J connectivity index is 1.38. The highest BCUT2D eigenvalue weighted by Crippen LogP contribution is 2.33. The molecule has 0 unspecified atom stereocenters. The number of aliphatic hydroxyl groups excluding tert-OH is 1. The third-order valence-corrected chi connectivity index (χ3v) is 6.06. The molecule has 3 N–H and O–H groups in total. The van der Waals surface area contributed by atoms with Gasteiger partial charge in [-0.2, -0.15) is 0 Å². The number of hydroxylamine groups is 2. The van der Waals surface area contributed by atoms with Crippen LogP contribution in [-0.4, -0.2) is 63.7 Å². The molecule has 1 aliphatic heterocycles. The smallest absolute Gasteiger partial charge is 0.277 e. The SMILES string of the molecule is Cn1cc(C(=O)NC[C@H]2OC[C@@](C)(CN(O)C(=O)c3ccccc3)[C@@H]2O)c2ccccc21. The van der Waals surface area contributed by atoms with Crippen molar-refractivity contribution in [3.8, 4) is 0 Å². The van der Waals surface area contributed by atoms with Crippen molar-refractivity contribution < 1.29 is 24.6 Å². The van der Waals surface area contributed by atoms with E-state index in [9.17, 15) is 19.9 Å². The molecule has 0 spiro atoms. The van der Waals surface area contributed by atoms with Crippen molar-refractivity contribution in [2.45, 2.75) is 19.1 Å². The summed E-state index contributed by atoms with van der Waals surface area (Å²) in [6, 6.07) is 16.1. The molecule has 1 aromatic heterocycles. The Kier molecular flexibility index (Phi) is 6.01. The number of carbonyl (C=O) groups excluding carboxylic acids is 2. The fourth-order valence-electron chi connectivity index (χ4n) is 4.19. The molecular formula is C24H27N3O5. The fourth-order valence-corrected chi connectivity index (χ4v) is 4.19. The minimum absolute atomic E-state index is 0.102. The van der Waals surface area contributed by atoms with Gasteiger partial charge in [0.15, 0.2) is 0 Å². The lowest BCUT2D eigenvalue weighted by molar-refractivity contribution is -0.0940. The Morgan fingerprint density at radius 3 is 2.62 bits per heavy atom. The van der Waals surface area contributed by atoms with Gasteiger partial charge in [0.1, 0.15) is 6.10 Å². The number of ether oxygens (including phenoxy) is 1. The summed E-state index contributed by atoms with van der Waals surface area (Å²) in [6.07, 6.45) is 0.141. The fraction of sp³-hybridized carbons (Fsp3) is 0.333. The highest BCUT2D eigenvalue weighted by molar-refractivity contribution is 6.07. The molecule has 0 bridgehead atoms. The first-order valence-electron chi connectivity index (χ1n) is 10.5. The average molecular weight is 437 g/mol. The zero-order valence-corrected chi connectivity index (χ0v) is 18.1. The third kappa shape index (κ3) is 4.12. The van der Waals surface area contributed by atoms with Gasteiger partial charge < -0.3 is 19.7 Å². The highest BCUT2D eigenvalue weighted by atomic mass is 16.5. The number of fused-ring (bicyclic) bond motifs is 1. The van der Waals surface area contributed by atoms with Gasteiger partial charge in [0, 0.05) is 41.7 Å². The second kappa shape index (κ2) is 8.74. The molecule has 1 saturated heterocycles. The van der Waals surface area contributed by atoms with Gasteiger partial charge in [0.2, 0.25) is 0 Å². The molecule has 0 radical (unpaired) electrons. The molecule has 0 aliphatic carbocycles. The minimum atomic E-state index is -0.978. The second-order valence-electron chi connectivity index (χ2n) is 8.56. The number of benzene rings is 2. The average Bonchev–Trinajstić information content (AvgIpc) is 3.29. The molecule has 8 heteroatoms. The van der Waals surface area contributed by atoms with Crippen LogP contribution in [0.3, 0.4) is 0 Å². The Morgan fingerprint density at radius 2 is 1.88 bits per heavy atom. The van der Waals surface area contributed by atoms with E-state index in [1.54, 1.807) is 43.5 Å². The van der Waals surface area contributed by atoms with Crippen molar-refractivity contribution in [2.75, 3.05) is 19.7 Å². The number of aliphatic hydroxyl groups is 1. The van der Waals surface area contributed by atoms with Crippen LogP contribution in [0.15, 0.2) is 60.8 Å². The van der Waals surface area contributed by atoms with Crippen LogP contribution in [0.25, 0.3) is 10.9 Å². The zero-order chi connectivity index (χ0) is 22.9. The Labute approximate surface area is 186 Å². The molecular weight excluding hydrogens is 410 g/mol. The number of para-hydroxylation sites is 1. The number of nitrogens with zero attached hydrogens (tertiary/aromatic N) is 2. The number of amides is 2. The second-order valence-corrected chi connectivity index (χ2v) is 8.56. The van der Waals surface area contributed by atoms with Crippen LogP contribution < -0.4 is 5.32 Å². The van der Waals surface area contributed by atoms with E-state index >= 15 is 0 Å². The lowest BCUT2D eigenvalue weighted by Crippen LogP contribution is -2.47. The maximum Gasteiger partial charge on any atom is 0.277 e. The third-order valence-electron chi connectivity index (χ3n) is 6.06. The van der Waals surface area contributed by atoms with E-state index in [0.29, 0.717) is 16.2 Å². The van der Waals surface area contributed by atoms with Crippen molar-refractivity contribution in [3.63, 3.8) is 0 Å². The molecule has 4 rings (SSSR count). The standard InChI is InChI=1S/C24H27N3O5/c1-24(14-27(31)23(30)16-8-4-3-5-9-16)15-32-20(21(24)28)12-25-22(29)18-13-26(2)19-11-7-6-10-17(18)19/h3-11,13,20-21,28,31H,12,14-15H2,1-2H3,(H,25,29)/t20-,21-,24-/m1/s1. The number of nitrogens with one attached hydrogen (secondary N) is 1. The number of aromatic nitrogens is 1. The normalized spacial score (nSPS) is 22.8. The van der Waals surface area contributed by atoms with Gasteiger partial charge in [-0.25, -0.2) is 5.06 Å². The molecule has 1 fully saturated rings. The first kappa shape index (κ1) is 22.0. The molecule has 3 atom stereocenters. The van der Waals surface area contributed by atoms with Crippen molar-refractivity contribution in [1.29, 1.82) is 0 Å². The topological polar surface area (TPSA) is 104 Å². The van der Waals surface area contributed by atoms with Gasteiger partial charge in [0.25, 0.3) is 11.8 Å². The van der Waals surface area contributed by atoms with Gasteiger partial charge in [-0.15, -0.1) is 0 Å². The van der Waals surface area contributed by atoms with Crippen LogP contribution >= 0.6 is 0 Å². The van der Waals surface area contributed by atoms with Crippen LogP contribution in [0.4, 0.5) is 0 Å². The van der Waals surface area contributed by atoms with E-state index < -0.39 is 23.5 Å². The summed E-state index contributed by atoms with van der Waals surface area (Å²) >= 11 is 0. The van der Waals surface area contributed by atoms with Crippen LogP contribution in [-0.2, 0) is 11.8 Å². The Hall–Kier alpha value is -3.20. The number of hydrogen-bond acceptors (Lipinski definition) is 5. The lowest BCUT2D eigenvalue weighted by atomic mass is 9.84. The summed E-state index contributed by atoms with van der Waals surface area (Å²) in [5.41, 5.74) is 0.973. The maximum absolute atomic E-state index is 12.8. The first-order chi connectivity index (χ1) is 15.3. The zero-order valence-electron chi connectivity index (χ0n) is 18.1. The molecule has 1 aliphatic rings. The van der Waals surface area contributed by atoms with Crippen molar-refractivity contribution in [1.82, 2.24) is 14.9 Å². The predicted octanol–water partition coefficient (Wildman–Crippen LogP) is 2.21. The van der Waals surface area contributed by atoms with E-state index in [1.807, 2.05) is 35.9 Å². The highest BCUT2D eigenvalue weighted by Gasteiger charge is 2.47. The summed E-state index contributed by atoms with van der Waals surface area (Å²) in [6.45, 7) is 1.89. The van der Waals surface area contributed by atoms with Crippen LogP contribution in [0, 0.1) is 5.41 Å². The predicted molar refractivity (Wildman–Crippen MR) is 118 cm³/mol. The van der Waals surface area contributed by atoms with Gasteiger partial charge in [-0.3, -0.25) is 14.8 Å². The lowest BCUT2D eigenvalue weighted by Gasteiger charge is -2.31. The van der Waals surface area contributed by atoms with Crippen molar-refractivity contribution in [2.24, 2.45) is 12.5 Å². The van der Waals surface area contributed by atoms with Gasteiger partial charge in [-0.1, -0.05) is 43.3 Å². The van der Waals surface area contributed by atoms with Crippen LogP contribution in [0.5, 0.6) is 0 Å². The van der Waals surface area contributed by atoms with E-state index in [1.165, 1.54) is 0 Å². The molecule has 2 amide bonds. The summed E-state index contributed by atoms with van der Waals surface area (Å²) in [5.74, 6) is -0.805. The van der Waals surface area contributed by atoms with Crippen LogP contribution in [0.2, 0.25) is 0 Å². The largest absolute Gasteiger partial charge is 0.390 e. The van der Waals surface area contributed by atoms with E-state index in [0.717, 1.165) is 10.9 Å². The van der Waals surface area contributed by atoms with Gasteiger partial charge >= 0.3 is 0 Å². The summed E-state index contributed by atoms with van der Waals surface area (Å²) in [5, 5.41) is 25.4. The Bertz CT molecular complexity index is 1130. The number of carbonyl (C=O) groups is 2. The molecule has 8 nitrogen and oxygen atoms in total. The monoisotopic (exact) mass is 437 g/mol. The van der Waals surface area contributed by atoms with E-state index in [2.05, 4.69) is 5.32 Å². The quantitative estimate of drug-likeness (QED) is 0.405. The first-order valence-corrected chi connectivity index (χ1v) is 10.5. The molecule has 3 aromatic rings. The van der Waals surface area contributed by atoms with E-state index in [-0.39, 0.29) is 25.6 Å². The summed E-state index contributed by atoms with van der Waals surface area (Å²) in [7, 11) is 1.88. The summed E-state index contributed by atoms with van der Waals surface area (Å²) in [4.78, 5) is 25.2. The molecule has 32 heavy (non-hydrogen) atoms. The van der Waals surface area contributed by atoms with Crippen LogP contribution in [0.1, 0.15) is 27.6 Å². The molecule has 2 aromatic carbocycles. The number of hydrogen-bond donors (Lipinski definition) is 3. The van der Waals surface area contributed by atoms with E-state index in [4.69, 9.17) is 4.74 Å². The number of aryl methyl sites for hydroxylation is 1. The molecule has 0 saturated carbocycles. The van der Waals surface area contributed by atoms with Crippen molar-refractivity contribution >= 4 is 22.7 Å². The van der Waals surface area contributed by atoms with Gasteiger partial charge in [0.05, 0.1) is 24.8 Å². The summed E-state index contributed by atoms with van der Waals surface area (Å²) < 4.78 is 7.62. The van der Waals surface area contributed by atoms with Gasteiger partial charge in [-0.05, 0) is 18.2 Å². The number of rotatable bonds is 6. The minimum Gasteiger partial charge on any atom is -0.390 e. The van der Waals surface area contributed by atoms with Crippen molar-refractivity contribution in [3.05, 3.63) is 71.9 Å². The molecule has 2 heterocycles.